The molecule has 0 aromatic rings. The summed E-state index contributed by atoms with van der Waals surface area (Å²) in [6.45, 7) is 0.873. The first-order valence-corrected chi connectivity index (χ1v) is 5.28. The van der Waals surface area contributed by atoms with Gasteiger partial charge in [0.05, 0.1) is 0 Å². The molecular weight excluding hydrogens is 146 g/mol. The van der Waals surface area contributed by atoms with Crippen LogP contribution in [-0.2, 0) is 0 Å². The molecule has 3 aliphatic rings. The van der Waals surface area contributed by atoms with Gasteiger partial charge in [0.1, 0.15) is 0 Å². The fourth-order valence-corrected chi connectivity index (χ4v) is 2.76. The molecule has 0 amide bonds. The lowest BCUT2D eigenvalue weighted by Gasteiger charge is -2.38. The molecule has 1 nitrogen and oxygen atoms in total. The van der Waals surface area contributed by atoms with Crippen LogP contribution in [0.2, 0.25) is 0 Å². The Labute approximate surface area is 75.0 Å². The topological polar surface area (TPSA) is 26.0 Å². The second kappa shape index (κ2) is 3.61. The summed E-state index contributed by atoms with van der Waals surface area (Å²) < 4.78 is 0. The van der Waals surface area contributed by atoms with Gasteiger partial charge in [0, 0.05) is 0 Å². The van der Waals surface area contributed by atoms with Gasteiger partial charge in [0.15, 0.2) is 0 Å². The summed E-state index contributed by atoms with van der Waals surface area (Å²) in [7, 11) is 0. The minimum atomic E-state index is 0.873. The molecule has 3 rings (SSSR count). The quantitative estimate of drug-likeness (QED) is 0.638. The molecule has 3 unspecified atom stereocenters. The third kappa shape index (κ3) is 1.56. The van der Waals surface area contributed by atoms with E-state index < -0.39 is 0 Å². The Balaban J connectivity index is 1.89. The number of nitrogens with two attached hydrogens (primary N) is 1. The number of allylic oxidation sites excluding steroid dienone is 2. The minimum absolute atomic E-state index is 0.873. The lowest BCUT2D eigenvalue weighted by Crippen LogP contribution is -2.27. The molecule has 0 aliphatic heterocycles. The molecule has 1 saturated carbocycles. The smallest absolute Gasteiger partial charge is 0.00772 e. The van der Waals surface area contributed by atoms with Crippen LogP contribution in [0.15, 0.2) is 12.2 Å². The number of fused-ring (bicyclic) bond motifs is 2. The average molecular weight is 165 g/mol. The predicted molar refractivity (Wildman–Crippen MR) is 51.7 cm³/mol. The van der Waals surface area contributed by atoms with Crippen LogP contribution in [0.25, 0.3) is 0 Å². The van der Waals surface area contributed by atoms with Gasteiger partial charge in [-0.2, -0.15) is 0 Å². The standard InChI is InChI=1S/C11H19N/c12-7-1-2-11-8-9-3-5-10(11)6-4-9/h3,5,9-11H,1-2,4,6-8,12H2. The van der Waals surface area contributed by atoms with Crippen LogP contribution in [0.4, 0.5) is 0 Å². The van der Waals surface area contributed by atoms with Crippen LogP contribution in [0, 0.1) is 17.8 Å². The fraction of sp³-hybridized carbons (Fsp3) is 0.818. The lowest BCUT2D eigenvalue weighted by molar-refractivity contribution is 0.207. The van der Waals surface area contributed by atoms with Crippen molar-refractivity contribution in [3.63, 3.8) is 0 Å². The molecule has 0 aromatic heterocycles. The highest BCUT2D eigenvalue weighted by atomic mass is 14.5. The molecule has 0 aromatic carbocycles. The molecule has 0 heterocycles. The van der Waals surface area contributed by atoms with E-state index in [1.165, 1.54) is 32.1 Å². The second-order valence-electron chi connectivity index (χ2n) is 4.31. The van der Waals surface area contributed by atoms with Crippen LogP contribution in [0.3, 0.4) is 0 Å². The Morgan fingerprint density at radius 2 is 2.17 bits per heavy atom. The average Bonchev–Trinajstić information content (AvgIpc) is 2.17. The van der Waals surface area contributed by atoms with E-state index in [1.54, 1.807) is 0 Å². The SMILES string of the molecule is NCCCC1CC2C=CC1CC2. The van der Waals surface area contributed by atoms with Crippen molar-refractivity contribution in [1.29, 1.82) is 0 Å². The molecule has 1 fully saturated rings. The van der Waals surface area contributed by atoms with Crippen molar-refractivity contribution in [3.8, 4) is 0 Å². The van der Waals surface area contributed by atoms with Crippen LogP contribution in [0.1, 0.15) is 32.1 Å². The third-order valence-electron chi connectivity index (χ3n) is 3.49. The van der Waals surface area contributed by atoms with Gasteiger partial charge in [0.2, 0.25) is 0 Å². The van der Waals surface area contributed by atoms with Gasteiger partial charge < -0.3 is 5.73 Å². The highest BCUT2D eigenvalue weighted by Crippen LogP contribution is 2.42. The predicted octanol–water partition coefficient (Wildman–Crippen LogP) is 2.33. The zero-order valence-corrected chi connectivity index (χ0v) is 7.71. The third-order valence-corrected chi connectivity index (χ3v) is 3.49. The monoisotopic (exact) mass is 165 g/mol. The van der Waals surface area contributed by atoms with Gasteiger partial charge >= 0.3 is 0 Å². The Morgan fingerprint density at radius 1 is 1.25 bits per heavy atom. The number of rotatable bonds is 3. The van der Waals surface area contributed by atoms with Crippen molar-refractivity contribution in [2.45, 2.75) is 32.1 Å². The van der Waals surface area contributed by atoms with Crippen molar-refractivity contribution < 1.29 is 0 Å². The Bertz CT molecular complexity index is 174. The second-order valence-corrected chi connectivity index (χ2v) is 4.31. The maximum absolute atomic E-state index is 5.53. The summed E-state index contributed by atoms with van der Waals surface area (Å²) >= 11 is 0. The van der Waals surface area contributed by atoms with Gasteiger partial charge in [-0.1, -0.05) is 12.2 Å². The van der Waals surface area contributed by atoms with Crippen molar-refractivity contribution in [1.82, 2.24) is 0 Å². The zero-order chi connectivity index (χ0) is 8.39. The van der Waals surface area contributed by atoms with E-state index in [0.29, 0.717) is 0 Å². The van der Waals surface area contributed by atoms with Crippen molar-refractivity contribution >= 4 is 0 Å². The molecule has 0 spiro atoms. The molecule has 3 atom stereocenters. The van der Waals surface area contributed by atoms with Crippen molar-refractivity contribution in [2.24, 2.45) is 23.5 Å². The lowest BCUT2D eigenvalue weighted by atomic mass is 9.68. The molecule has 2 bridgehead atoms. The first-order valence-electron chi connectivity index (χ1n) is 5.28. The van der Waals surface area contributed by atoms with E-state index in [9.17, 15) is 0 Å². The molecule has 0 saturated heterocycles. The number of hydrogen-bond acceptors (Lipinski definition) is 1. The molecular formula is C11H19N. The molecule has 0 radical (unpaired) electrons. The van der Waals surface area contributed by atoms with Gasteiger partial charge in [-0.15, -0.1) is 0 Å². The van der Waals surface area contributed by atoms with E-state index in [-0.39, 0.29) is 0 Å². The summed E-state index contributed by atoms with van der Waals surface area (Å²) in [6, 6.07) is 0. The van der Waals surface area contributed by atoms with E-state index in [2.05, 4.69) is 12.2 Å². The normalized spacial score (nSPS) is 38.9. The molecule has 68 valence electrons. The first kappa shape index (κ1) is 8.31. The summed E-state index contributed by atoms with van der Waals surface area (Å²) in [5.74, 6) is 2.79. The highest BCUT2D eigenvalue weighted by molar-refractivity contribution is 5.05. The van der Waals surface area contributed by atoms with E-state index in [0.717, 1.165) is 24.3 Å². The Kier molecular flexibility index (Phi) is 2.50. The van der Waals surface area contributed by atoms with Gasteiger partial charge in [-0.3, -0.25) is 0 Å². The summed E-state index contributed by atoms with van der Waals surface area (Å²) in [5, 5.41) is 0. The maximum Gasteiger partial charge on any atom is -0.00772 e. The van der Waals surface area contributed by atoms with Crippen LogP contribution >= 0.6 is 0 Å². The van der Waals surface area contributed by atoms with Crippen LogP contribution in [-0.4, -0.2) is 6.54 Å². The fourth-order valence-electron chi connectivity index (χ4n) is 2.76. The minimum Gasteiger partial charge on any atom is -0.330 e. The van der Waals surface area contributed by atoms with E-state index >= 15 is 0 Å². The first-order chi connectivity index (χ1) is 5.90. The maximum atomic E-state index is 5.53. The van der Waals surface area contributed by atoms with Gasteiger partial charge in [-0.25, -0.2) is 0 Å². The molecule has 1 heteroatoms. The summed E-state index contributed by atoms with van der Waals surface area (Å²) in [6.07, 6.45) is 11.8. The Hall–Kier alpha value is -0.300. The Morgan fingerprint density at radius 3 is 2.67 bits per heavy atom. The van der Waals surface area contributed by atoms with E-state index in [4.69, 9.17) is 5.73 Å². The largest absolute Gasteiger partial charge is 0.330 e. The van der Waals surface area contributed by atoms with Crippen molar-refractivity contribution in [3.05, 3.63) is 12.2 Å². The van der Waals surface area contributed by atoms with E-state index in [1.807, 2.05) is 0 Å². The molecule has 12 heavy (non-hydrogen) atoms. The summed E-state index contributed by atoms with van der Waals surface area (Å²) in [4.78, 5) is 0. The molecule has 2 N–H and O–H groups in total. The molecule has 3 aliphatic carbocycles. The van der Waals surface area contributed by atoms with Gasteiger partial charge in [0.25, 0.3) is 0 Å². The number of hydrogen-bond donors (Lipinski definition) is 1. The van der Waals surface area contributed by atoms with Gasteiger partial charge in [-0.05, 0) is 56.4 Å². The van der Waals surface area contributed by atoms with Crippen LogP contribution in [0.5, 0.6) is 0 Å². The highest BCUT2D eigenvalue weighted by Gasteiger charge is 2.30. The van der Waals surface area contributed by atoms with Crippen molar-refractivity contribution in [2.75, 3.05) is 6.54 Å². The van der Waals surface area contributed by atoms with Crippen LogP contribution < -0.4 is 5.73 Å². The summed E-state index contributed by atoms with van der Waals surface area (Å²) in [5.41, 5.74) is 5.53. The zero-order valence-electron chi connectivity index (χ0n) is 7.71.